The fraction of sp³-hybridized carbons (Fsp3) is 0.700. The summed E-state index contributed by atoms with van der Waals surface area (Å²) in [5.41, 5.74) is 7.73. The zero-order valence-electron chi connectivity index (χ0n) is 24.0. The molecule has 0 bridgehead atoms. The Morgan fingerprint density at radius 3 is 2.44 bits per heavy atom. The van der Waals surface area contributed by atoms with Crippen LogP contribution in [-0.4, -0.2) is 65.3 Å². The van der Waals surface area contributed by atoms with Crippen molar-refractivity contribution in [2.24, 2.45) is 23.5 Å². The molecule has 1 saturated heterocycles. The van der Waals surface area contributed by atoms with E-state index >= 15 is 0 Å². The molecule has 4 N–H and O–H groups in total. The monoisotopic (exact) mass is 541 g/mol. The maximum absolute atomic E-state index is 13.8. The highest BCUT2D eigenvalue weighted by Crippen LogP contribution is 2.36. The van der Waals surface area contributed by atoms with Crippen molar-refractivity contribution in [3.63, 3.8) is 0 Å². The molecule has 3 aliphatic rings. The number of rotatable bonds is 5. The quantitative estimate of drug-likeness (QED) is 0.493. The first-order valence-electron chi connectivity index (χ1n) is 14.8. The van der Waals surface area contributed by atoms with E-state index in [2.05, 4.69) is 31.4 Å². The maximum Gasteiger partial charge on any atom is 0.412 e. The van der Waals surface area contributed by atoms with Gasteiger partial charge >= 0.3 is 12.1 Å². The molecule has 9 nitrogen and oxygen atoms in total. The second kappa shape index (κ2) is 13.0. The Morgan fingerprint density at radius 1 is 1.03 bits per heavy atom. The van der Waals surface area contributed by atoms with Crippen molar-refractivity contribution < 1.29 is 19.1 Å². The van der Waals surface area contributed by atoms with Gasteiger partial charge in [0.05, 0.1) is 0 Å². The SMILES string of the molecule is Cc1cccc(NC(=O)N2CCCN(C(=O)OC3CC(C)CCC3C(C)C)C2C(=O)NC2CCC(N)CC2)c1. The number of urea groups is 1. The summed E-state index contributed by atoms with van der Waals surface area (Å²) in [6, 6.07) is 7.25. The molecule has 1 aromatic rings. The smallest absolute Gasteiger partial charge is 0.412 e. The second-order valence-corrected chi connectivity index (χ2v) is 12.3. The van der Waals surface area contributed by atoms with Crippen LogP contribution in [0.4, 0.5) is 15.3 Å². The number of carbonyl (C=O) groups is 3. The Hall–Kier alpha value is -2.81. The van der Waals surface area contributed by atoms with E-state index in [1.165, 1.54) is 9.80 Å². The third-order valence-electron chi connectivity index (χ3n) is 8.72. The predicted octanol–water partition coefficient (Wildman–Crippen LogP) is 4.84. The summed E-state index contributed by atoms with van der Waals surface area (Å²) in [6.07, 6.45) is 5.01. The van der Waals surface area contributed by atoms with E-state index in [4.69, 9.17) is 10.5 Å². The summed E-state index contributed by atoms with van der Waals surface area (Å²) in [5, 5.41) is 6.05. The summed E-state index contributed by atoms with van der Waals surface area (Å²) in [4.78, 5) is 43.9. The number of nitrogens with zero attached hydrogens (tertiary/aromatic N) is 2. The van der Waals surface area contributed by atoms with Gasteiger partial charge in [0.25, 0.3) is 5.91 Å². The summed E-state index contributed by atoms with van der Waals surface area (Å²) in [6.45, 7) is 9.22. The van der Waals surface area contributed by atoms with Crippen molar-refractivity contribution in [2.75, 3.05) is 18.4 Å². The van der Waals surface area contributed by atoms with E-state index < -0.39 is 18.3 Å². The number of hydrogen-bond donors (Lipinski definition) is 3. The fourth-order valence-corrected chi connectivity index (χ4v) is 6.42. The van der Waals surface area contributed by atoms with Crippen molar-refractivity contribution in [2.45, 2.75) is 103 Å². The number of carbonyl (C=O) groups excluding carboxylic acids is 3. The number of aryl methyl sites for hydroxylation is 1. The minimum atomic E-state index is -1.08. The van der Waals surface area contributed by atoms with Crippen LogP contribution >= 0.6 is 0 Å². The van der Waals surface area contributed by atoms with E-state index in [1.807, 2.05) is 31.2 Å². The van der Waals surface area contributed by atoms with Gasteiger partial charge in [-0.15, -0.1) is 0 Å². The molecule has 4 amide bonds. The summed E-state index contributed by atoms with van der Waals surface area (Å²) < 4.78 is 6.15. The van der Waals surface area contributed by atoms with E-state index in [9.17, 15) is 14.4 Å². The van der Waals surface area contributed by atoms with Gasteiger partial charge in [-0.1, -0.05) is 39.3 Å². The fourth-order valence-electron chi connectivity index (χ4n) is 6.42. The summed E-state index contributed by atoms with van der Waals surface area (Å²) in [5.74, 6) is 0.816. The molecule has 1 aliphatic heterocycles. The molecule has 0 radical (unpaired) electrons. The van der Waals surface area contributed by atoms with Gasteiger partial charge in [-0.25, -0.2) is 9.59 Å². The van der Waals surface area contributed by atoms with E-state index in [1.54, 1.807) is 0 Å². The molecule has 4 unspecified atom stereocenters. The first-order valence-corrected chi connectivity index (χ1v) is 14.8. The zero-order chi connectivity index (χ0) is 28.1. The molecule has 1 heterocycles. The lowest BCUT2D eigenvalue weighted by atomic mass is 9.75. The van der Waals surface area contributed by atoms with Gasteiger partial charge in [0.2, 0.25) is 0 Å². The number of benzene rings is 1. The Labute approximate surface area is 233 Å². The van der Waals surface area contributed by atoms with Gasteiger partial charge in [0, 0.05) is 30.9 Å². The van der Waals surface area contributed by atoms with Crippen LogP contribution in [0, 0.1) is 24.7 Å². The molecule has 216 valence electrons. The zero-order valence-corrected chi connectivity index (χ0v) is 24.0. The highest BCUT2D eigenvalue weighted by molar-refractivity contribution is 5.95. The molecular weight excluding hydrogens is 494 g/mol. The second-order valence-electron chi connectivity index (χ2n) is 12.3. The van der Waals surface area contributed by atoms with Gasteiger partial charge < -0.3 is 21.1 Å². The van der Waals surface area contributed by atoms with Gasteiger partial charge in [-0.2, -0.15) is 0 Å². The first kappa shape index (κ1) is 29.2. The topological polar surface area (TPSA) is 117 Å². The van der Waals surface area contributed by atoms with Crippen LogP contribution in [0.15, 0.2) is 24.3 Å². The van der Waals surface area contributed by atoms with Crippen molar-refractivity contribution in [3.8, 4) is 0 Å². The largest absolute Gasteiger partial charge is 0.446 e. The average molecular weight is 542 g/mol. The minimum Gasteiger partial charge on any atom is -0.446 e. The van der Waals surface area contributed by atoms with Crippen LogP contribution in [0.25, 0.3) is 0 Å². The molecular formula is C30H47N5O4. The van der Waals surface area contributed by atoms with Crippen LogP contribution in [0.2, 0.25) is 0 Å². The minimum absolute atomic E-state index is 0.0247. The maximum atomic E-state index is 13.8. The van der Waals surface area contributed by atoms with Crippen LogP contribution in [0.3, 0.4) is 0 Å². The Morgan fingerprint density at radius 2 is 1.74 bits per heavy atom. The van der Waals surface area contributed by atoms with Gasteiger partial charge in [0.1, 0.15) is 6.10 Å². The number of nitrogens with one attached hydrogen (secondary N) is 2. The van der Waals surface area contributed by atoms with Crippen molar-refractivity contribution in [1.29, 1.82) is 0 Å². The molecule has 1 aromatic carbocycles. The summed E-state index contributed by atoms with van der Waals surface area (Å²) in [7, 11) is 0. The Bertz CT molecular complexity index is 1010. The lowest BCUT2D eigenvalue weighted by Crippen LogP contribution is -2.65. The van der Waals surface area contributed by atoms with E-state index in [0.29, 0.717) is 37.0 Å². The highest BCUT2D eigenvalue weighted by Gasteiger charge is 2.43. The number of ether oxygens (including phenoxy) is 1. The molecule has 4 rings (SSSR count). The van der Waals surface area contributed by atoms with Crippen molar-refractivity contribution >= 4 is 23.7 Å². The lowest BCUT2D eigenvalue weighted by Gasteiger charge is -2.44. The molecule has 3 fully saturated rings. The van der Waals surface area contributed by atoms with Gasteiger partial charge in [-0.3, -0.25) is 14.6 Å². The van der Waals surface area contributed by atoms with E-state index in [-0.39, 0.29) is 30.0 Å². The summed E-state index contributed by atoms with van der Waals surface area (Å²) >= 11 is 0. The van der Waals surface area contributed by atoms with Gasteiger partial charge in [0.15, 0.2) is 6.17 Å². The molecule has 4 atom stereocenters. The van der Waals surface area contributed by atoms with E-state index in [0.717, 1.165) is 50.5 Å². The average Bonchev–Trinajstić information content (AvgIpc) is 2.89. The van der Waals surface area contributed by atoms with Crippen LogP contribution < -0.4 is 16.4 Å². The van der Waals surface area contributed by atoms with Crippen molar-refractivity contribution in [1.82, 2.24) is 15.1 Å². The van der Waals surface area contributed by atoms with Crippen molar-refractivity contribution in [3.05, 3.63) is 29.8 Å². The standard InChI is InChI=1S/C30H47N5O4/c1-19(2)25-14-9-21(4)18-26(25)39-30(38)35-16-6-15-34(29(37)33-24-8-5-7-20(3)17-24)28(35)27(36)32-23-12-10-22(31)11-13-23/h5,7-8,17,19,21-23,25-26,28H,6,9-16,18,31H2,1-4H3,(H,32,36)(H,33,37). The first-order chi connectivity index (χ1) is 18.6. The predicted molar refractivity (Wildman–Crippen MR) is 152 cm³/mol. The van der Waals surface area contributed by atoms with Crippen LogP contribution in [-0.2, 0) is 9.53 Å². The normalized spacial score (nSPS) is 29.6. The number of nitrogens with two attached hydrogens (primary N) is 1. The molecule has 2 aliphatic carbocycles. The van der Waals surface area contributed by atoms with Gasteiger partial charge in [-0.05, 0) is 87.3 Å². The third kappa shape index (κ3) is 7.44. The molecule has 0 spiro atoms. The van der Waals surface area contributed by atoms with Crippen LogP contribution in [0.1, 0.15) is 77.7 Å². The number of amides is 4. The molecule has 9 heteroatoms. The third-order valence-corrected chi connectivity index (χ3v) is 8.72. The molecule has 39 heavy (non-hydrogen) atoms. The lowest BCUT2D eigenvalue weighted by molar-refractivity contribution is -0.134. The van der Waals surface area contributed by atoms with Crippen LogP contribution in [0.5, 0.6) is 0 Å². The number of anilines is 1. The highest BCUT2D eigenvalue weighted by atomic mass is 16.6. The Kier molecular flexibility index (Phi) is 9.75. The molecule has 2 saturated carbocycles. The Balaban J connectivity index is 1.54. The number of hydrogen-bond acceptors (Lipinski definition) is 5. The molecule has 0 aromatic heterocycles.